The smallest absolute Gasteiger partial charge is 0.225 e. The molecule has 1 saturated heterocycles. The Kier molecular flexibility index (Phi) is 5.97. The lowest BCUT2D eigenvalue weighted by molar-refractivity contribution is 0.442. The summed E-state index contributed by atoms with van der Waals surface area (Å²) in [5.41, 5.74) is 2.32. The standard InChI is InChI=1S/C17H30N4/c1-5-16-8-6-7-9-21(16)17-19-12-15(14(4)20-17)11-18-10-13(2)3/h12-13,16,18H,5-11H2,1-4H3. The van der Waals surface area contributed by atoms with Crippen molar-refractivity contribution in [1.29, 1.82) is 0 Å². The van der Waals surface area contributed by atoms with Crippen LogP contribution in [0, 0.1) is 12.8 Å². The predicted octanol–water partition coefficient (Wildman–Crippen LogP) is 3.30. The predicted molar refractivity (Wildman–Crippen MR) is 88.6 cm³/mol. The van der Waals surface area contributed by atoms with E-state index < -0.39 is 0 Å². The van der Waals surface area contributed by atoms with Gasteiger partial charge in [-0.3, -0.25) is 0 Å². The van der Waals surface area contributed by atoms with E-state index in [-0.39, 0.29) is 0 Å². The Morgan fingerprint density at radius 3 is 2.86 bits per heavy atom. The van der Waals surface area contributed by atoms with E-state index in [1.54, 1.807) is 0 Å². The molecule has 1 aromatic rings. The summed E-state index contributed by atoms with van der Waals surface area (Å²) in [4.78, 5) is 11.8. The molecule has 0 bridgehead atoms. The molecule has 118 valence electrons. The Balaban J connectivity index is 2.03. The molecule has 21 heavy (non-hydrogen) atoms. The van der Waals surface area contributed by atoms with E-state index in [2.05, 4.69) is 42.9 Å². The van der Waals surface area contributed by atoms with Crippen LogP contribution in [0.5, 0.6) is 0 Å². The van der Waals surface area contributed by atoms with Gasteiger partial charge in [-0.2, -0.15) is 0 Å². The first kappa shape index (κ1) is 16.2. The lowest BCUT2D eigenvalue weighted by Crippen LogP contribution is -2.40. The molecule has 0 amide bonds. The van der Waals surface area contributed by atoms with Gasteiger partial charge in [-0.25, -0.2) is 9.97 Å². The lowest BCUT2D eigenvalue weighted by Gasteiger charge is -2.35. The van der Waals surface area contributed by atoms with Crippen molar-refractivity contribution in [2.75, 3.05) is 18.0 Å². The number of aromatic nitrogens is 2. The highest BCUT2D eigenvalue weighted by Crippen LogP contribution is 2.24. The van der Waals surface area contributed by atoms with Gasteiger partial charge in [0.1, 0.15) is 0 Å². The second-order valence-corrected chi connectivity index (χ2v) is 6.56. The Bertz CT molecular complexity index is 444. The molecule has 0 spiro atoms. The van der Waals surface area contributed by atoms with Gasteiger partial charge < -0.3 is 10.2 Å². The summed E-state index contributed by atoms with van der Waals surface area (Å²) >= 11 is 0. The van der Waals surface area contributed by atoms with Crippen LogP contribution in [0.25, 0.3) is 0 Å². The zero-order valence-electron chi connectivity index (χ0n) is 14.0. The van der Waals surface area contributed by atoms with Crippen molar-refractivity contribution in [3.8, 4) is 0 Å². The van der Waals surface area contributed by atoms with Crippen molar-refractivity contribution in [2.45, 2.75) is 66.0 Å². The Morgan fingerprint density at radius 2 is 2.19 bits per heavy atom. The van der Waals surface area contributed by atoms with Crippen LogP contribution in [0.1, 0.15) is 57.7 Å². The second-order valence-electron chi connectivity index (χ2n) is 6.56. The summed E-state index contributed by atoms with van der Waals surface area (Å²) in [6.45, 7) is 11.8. The van der Waals surface area contributed by atoms with Crippen molar-refractivity contribution >= 4 is 5.95 Å². The molecule has 1 atom stereocenters. The second kappa shape index (κ2) is 7.74. The maximum atomic E-state index is 4.77. The summed E-state index contributed by atoms with van der Waals surface area (Å²) < 4.78 is 0. The molecule has 1 unspecified atom stereocenters. The first-order chi connectivity index (χ1) is 10.1. The van der Waals surface area contributed by atoms with Crippen LogP contribution < -0.4 is 10.2 Å². The number of nitrogens with zero attached hydrogens (tertiary/aromatic N) is 3. The molecule has 4 heteroatoms. The van der Waals surface area contributed by atoms with Gasteiger partial charge in [0.2, 0.25) is 5.95 Å². The van der Waals surface area contributed by atoms with Crippen LogP contribution >= 0.6 is 0 Å². The highest BCUT2D eigenvalue weighted by Gasteiger charge is 2.23. The highest BCUT2D eigenvalue weighted by molar-refractivity contribution is 5.35. The molecule has 0 aromatic carbocycles. The van der Waals surface area contributed by atoms with E-state index >= 15 is 0 Å². The number of anilines is 1. The van der Waals surface area contributed by atoms with Gasteiger partial charge in [0.25, 0.3) is 0 Å². The maximum Gasteiger partial charge on any atom is 0.225 e. The minimum atomic E-state index is 0.614. The Hall–Kier alpha value is -1.16. The first-order valence-corrected chi connectivity index (χ1v) is 8.41. The fourth-order valence-electron chi connectivity index (χ4n) is 2.98. The third-order valence-electron chi connectivity index (χ3n) is 4.29. The summed E-state index contributed by atoms with van der Waals surface area (Å²) in [5.74, 6) is 1.59. The van der Waals surface area contributed by atoms with Crippen LogP contribution in [0.3, 0.4) is 0 Å². The largest absolute Gasteiger partial charge is 0.338 e. The fourth-order valence-corrected chi connectivity index (χ4v) is 2.98. The molecule has 2 rings (SSSR count). The van der Waals surface area contributed by atoms with Gasteiger partial charge >= 0.3 is 0 Å². The van der Waals surface area contributed by atoms with Gasteiger partial charge in [0.05, 0.1) is 0 Å². The van der Waals surface area contributed by atoms with E-state index in [1.807, 2.05) is 6.20 Å². The number of hydrogen-bond donors (Lipinski definition) is 1. The fraction of sp³-hybridized carbons (Fsp3) is 0.765. The lowest BCUT2D eigenvalue weighted by atomic mass is 10.0. The van der Waals surface area contributed by atoms with Crippen molar-refractivity contribution in [1.82, 2.24) is 15.3 Å². The Morgan fingerprint density at radius 1 is 1.38 bits per heavy atom. The average molecular weight is 290 g/mol. The quantitative estimate of drug-likeness (QED) is 0.873. The molecule has 1 aromatic heterocycles. The average Bonchev–Trinajstić information content (AvgIpc) is 2.48. The zero-order valence-corrected chi connectivity index (χ0v) is 14.0. The van der Waals surface area contributed by atoms with Crippen LogP contribution in [-0.2, 0) is 6.54 Å². The molecule has 1 fully saturated rings. The van der Waals surface area contributed by atoms with E-state index in [9.17, 15) is 0 Å². The van der Waals surface area contributed by atoms with Crippen molar-refractivity contribution in [2.24, 2.45) is 5.92 Å². The van der Waals surface area contributed by atoms with Crippen molar-refractivity contribution < 1.29 is 0 Å². The molecular formula is C17H30N4. The zero-order chi connectivity index (χ0) is 15.2. The molecule has 1 aliphatic rings. The molecular weight excluding hydrogens is 260 g/mol. The maximum absolute atomic E-state index is 4.77. The van der Waals surface area contributed by atoms with Crippen molar-refractivity contribution in [3.05, 3.63) is 17.5 Å². The summed E-state index contributed by atoms with van der Waals surface area (Å²) in [7, 11) is 0. The Labute approximate surface area is 129 Å². The van der Waals surface area contributed by atoms with Crippen LogP contribution in [0.15, 0.2) is 6.20 Å². The van der Waals surface area contributed by atoms with Gasteiger partial charge in [0.15, 0.2) is 0 Å². The highest BCUT2D eigenvalue weighted by atomic mass is 15.3. The minimum absolute atomic E-state index is 0.614. The normalized spacial score (nSPS) is 19.3. The molecule has 1 aliphatic heterocycles. The summed E-state index contributed by atoms with van der Waals surface area (Å²) in [5, 5.41) is 3.47. The third kappa shape index (κ3) is 4.40. The van der Waals surface area contributed by atoms with Crippen LogP contribution in [0.4, 0.5) is 5.95 Å². The van der Waals surface area contributed by atoms with Crippen molar-refractivity contribution in [3.63, 3.8) is 0 Å². The molecule has 0 aliphatic carbocycles. The van der Waals surface area contributed by atoms with Crippen LogP contribution in [0.2, 0.25) is 0 Å². The van der Waals surface area contributed by atoms with E-state index in [0.717, 1.165) is 31.3 Å². The van der Waals surface area contributed by atoms with Gasteiger partial charge in [-0.1, -0.05) is 20.8 Å². The van der Waals surface area contributed by atoms with Gasteiger partial charge in [-0.15, -0.1) is 0 Å². The number of rotatable bonds is 6. The monoisotopic (exact) mass is 290 g/mol. The molecule has 0 radical (unpaired) electrons. The van der Waals surface area contributed by atoms with E-state index in [0.29, 0.717) is 12.0 Å². The molecule has 0 saturated carbocycles. The number of hydrogen-bond acceptors (Lipinski definition) is 4. The number of nitrogens with one attached hydrogen (secondary N) is 1. The first-order valence-electron chi connectivity index (χ1n) is 8.41. The summed E-state index contributed by atoms with van der Waals surface area (Å²) in [6, 6.07) is 0.614. The third-order valence-corrected chi connectivity index (χ3v) is 4.29. The molecule has 1 N–H and O–H groups in total. The summed E-state index contributed by atoms with van der Waals surface area (Å²) in [6.07, 6.45) is 7.06. The van der Waals surface area contributed by atoms with E-state index in [1.165, 1.54) is 31.2 Å². The minimum Gasteiger partial charge on any atom is -0.338 e. The number of piperidine rings is 1. The number of aryl methyl sites for hydroxylation is 1. The molecule has 2 heterocycles. The SMILES string of the molecule is CCC1CCCCN1c1ncc(CNCC(C)C)c(C)n1. The van der Waals surface area contributed by atoms with Crippen LogP contribution in [-0.4, -0.2) is 29.1 Å². The topological polar surface area (TPSA) is 41.1 Å². The van der Waals surface area contributed by atoms with Gasteiger partial charge in [-0.05, 0) is 45.1 Å². The van der Waals surface area contributed by atoms with Gasteiger partial charge in [0, 0.05) is 36.6 Å². The van der Waals surface area contributed by atoms with E-state index in [4.69, 9.17) is 4.98 Å². The molecule has 4 nitrogen and oxygen atoms in total.